The summed E-state index contributed by atoms with van der Waals surface area (Å²) in [6, 6.07) is 3.01. The van der Waals surface area contributed by atoms with Gasteiger partial charge >= 0.3 is 0 Å². The molecule has 5 heteroatoms. The van der Waals surface area contributed by atoms with Crippen molar-refractivity contribution < 1.29 is 9.72 Å². The normalized spacial score (nSPS) is 14.9. The van der Waals surface area contributed by atoms with Crippen LogP contribution in [0.5, 0.6) is 0 Å². The number of carbonyl (C=O) groups excluding carboxylic acids is 1. The average molecular weight is 226 g/mol. The Morgan fingerprint density at radius 3 is 2.67 bits per heavy atom. The molecule has 4 nitrogen and oxygen atoms in total. The number of aryl methyl sites for hydroxylation is 1. The van der Waals surface area contributed by atoms with Crippen LogP contribution in [-0.4, -0.2) is 10.7 Å². The molecule has 0 spiro atoms. The van der Waals surface area contributed by atoms with Gasteiger partial charge in [-0.2, -0.15) is 0 Å². The van der Waals surface area contributed by atoms with Crippen LogP contribution in [0, 0.1) is 10.1 Å². The standard InChI is InChI=1S/C10H8ClNO3/c11-9-4-6-1-2-8(13)3-7(6)5-10(9)12(14)15/h4-5H,1-3H2. The van der Waals surface area contributed by atoms with Gasteiger partial charge in [0.2, 0.25) is 0 Å². The number of Topliss-reactive ketones (excluding diaryl/α,β-unsaturated/α-hetero) is 1. The summed E-state index contributed by atoms with van der Waals surface area (Å²) in [4.78, 5) is 21.3. The van der Waals surface area contributed by atoms with E-state index >= 15 is 0 Å². The number of halogens is 1. The number of nitro benzene ring substituents is 1. The number of hydrogen-bond donors (Lipinski definition) is 0. The minimum absolute atomic E-state index is 0.120. The zero-order valence-electron chi connectivity index (χ0n) is 7.83. The van der Waals surface area contributed by atoms with Gasteiger partial charge in [0.25, 0.3) is 5.69 Å². The van der Waals surface area contributed by atoms with Gasteiger partial charge < -0.3 is 0 Å². The highest BCUT2D eigenvalue weighted by Gasteiger charge is 2.21. The first-order valence-electron chi connectivity index (χ1n) is 4.55. The van der Waals surface area contributed by atoms with Crippen LogP contribution >= 0.6 is 11.6 Å². The van der Waals surface area contributed by atoms with Gasteiger partial charge in [-0.3, -0.25) is 14.9 Å². The maximum Gasteiger partial charge on any atom is 0.288 e. The molecular formula is C10H8ClNO3. The molecular weight excluding hydrogens is 218 g/mol. The largest absolute Gasteiger partial charge is 0.299 e. The lowest BCUT2D eigenvalue weighted by Gasteiger charge is -2.14. The van der Waals surface area contributed by atoms with Gasteiger partial charge in [0.1, 0.15) is 10.8 Å². The van der Waals surface area contributed by atoms with Crippen molar-refractivity contribution in [3.63, 3.8) is 0 Å². The van der Waals surface area contributed by atoms with Crippen LogP contribution < -0.4 is 0 Å². The molecule has 1 aliphatic carbocycles. The Morgan fingerprint density at radius 1 is 1.27 bits per heavy atom. The van der Waals surface area contributed by atoms with Crippen molar-refractivity contribution in [1.29, 1.82) is 0 Å². The molecule has 0 bridgehead atoms. The van der Waals surface area contributed by atoms with Crippen LogP contribution in [0.4, 0.5) is 5.69 Å². The number of nitro groups is 1. The summed E-state index contributed by atoms with van der Waals surface area (Å²) < 4.78 is 0. The first-order valence-corrected chi connectivity index (χ1v) is 4.93. The number of benzene rings is 1. The van der Waals surface area contributed by atoms with Crippen molar-refractivity contribution in [3.8, 4) is 0 Å². The summed E-state index contributed by atoms with van der Waals surface area (Å²) in [6.07, 6.45) is 1.42. The van der Waals surface area contributed by atoms with E-state index in [2.05, 4.69) is 0 Å². The molecule has 78 valence electrons. The zero-order valence-corrected chi connectivity index (χ0v) is 8.58. The van der Waals surface area contributed by atoms with E-state index in [0.29, 0.717) is 12.8 Å². The maximum absolute atomic E-state index is 11.2. The second kappa shape index (κ2) is 3.62. The minimum atomic E-state index is -0.526. The first-order chi connectivity index (χ1) is 7.08. The first kappa shape index (κ1) is 10.1. The number of rotatable bonds is 1. The van der Waals surface area contributed by atoms with Crippen molar-refractivity contribution in [2.45, 2.75) is 19.3 Å². The van der Waals surface area contributed by atoms with E-state index in [4.69, 9.17) is 11.6 Å². The van der Waals surface area contributed by atoms with Crippen LogP contribution in [0.3, 0.4) is 0 Å². The number of ketones is 1. The van der Waals surface area contributed by atoms with Crippen LogP contribution in [0.25, 0.3) is 0 Å². The third kappa shape index (κ3) is 1.85. The second-order valence-corrected chi connectivity index (χ2v) is 3.95. The van der Waals surface area contributed by atoms with E-state index in [1.807, 2.05) is 0 Å². The summed E-state index contributed by atoms with van der Waals surface area (Å²) in [6.45, 7) is 0. The number of nitrogens with zero attached hydrogens (tertiary/aromatic N) is 1. The molecule has 0 saturated heterocycles. The van der Waals surface area contributed by atoms with Crippen LogP contribution in [-0.2, 0) is 17.6 Å². The van der Waals surface area contributed by atoms with Crippen molar-refractivity contribution in [1.82, 2.24) is 0 Å². The molecule has 0 atom stereocenters. The molecule has 0 unspecified atom stereocenters. The molecule has 0 aromatic heterocycles. The molecule has 2 rings (SSSR count). The zero-order chi connectivity index (χ0) is 11.0. The maximum atomic E-state index is 11.2. The molecule has 0 heterocycles. The fourth-order valence-corrected chi connectivity index (χ4v) is 2.01. The van der Waals surface area contributed by atoms with E-state index < -0.39 is 4.92 Å². The van der Waals surface area contributed by atoms with E-state index in [0.717, 1.165) is 11.1 Å². The minimum Gasteiger partial charge on any atom is -0.299 e. The molecule has 1 aromatic rings. The lowest BCUT2D eigenvalue weighted by atomic mass is 9.90. The van der Waals surface area contributed by atoms with Crippen molar-refractivity contribution in [3.05, 3.63) is 38.4 Å². The van der Waals surface area contributed by atoms with Gasteiger partial charge in [-0.15, -0.1) is 0 Å². The summed E-state index contributed by atoms with van der Waals surface area (Å²) >= 11 is 5.77. The third-order valence-corrected chi connectivity index (χ3v) is 2.83. The molecule has 15 heavy (non-hydrogen) atoms. The van der Waals surface area contributed by atoms with Crippen molar-refractivity contribution in [2.75, 3.05) is 0 Å². The SMILES string of the molecule is O=C1CCc2cc(Cl)c([N+](=O)[O-])cc2C1. The Morgan fingerprint density at radius 2 is 2.00 bits per heavy atom. The molecule has 0 amide bonds. The smallest absolute Gasteiger partial charge is 0.288 e. The highest BCUT2D eigenvalue weighted by atomic mass is 35.5. The van der Waals surface area contributed by atoms with E-state index in [1.54, 1.807) is 6.07 Å². The average Bonchev–Trinajstić information content (AvgIpc) is 2.17. The van der Waals surface area contributed by atoms with Gasteiger partial charge in [-0.05, 0) is 23.6 Å². The highest BCUT2D eigenvalue weighted by Crippen LogP contribution is 2.31. The van der Waals surface area contributed by atoms with Crippen molar-refractivity contribution in [2.24, 2.45) is 0 Å². The molecule has 0 radical (unpaired) electrons. The van der Waals surface area contributed by atoms with Gasteiger partial charge in [0.05, 0.1) is 4.92 Å². The Bertz CT molecular complexity index is 456. The van der Waals surface area contributed by atoms with E-state index in [-0.39, 0.29) is 22.9 Å². The molecule has 0 fully saturated rings. The number of carbonyl (C=O) groups is 1. The number of fused-ring (bicyclic) bond motifs is 1. The Labute approximate surface area is 91.0 Å². The van der Waals surface area contributed by atoms with Crippen molar-refractivity contribution >= 4 is 23.1 Å². The quantitative estimate of drug-likeness (QED) is 0.544. The Hall–Kier alpha value is -1.42. The van der Waals surface area contributed by atoms with Gasteiger partial charge in [-0.25, -0.2) is 0 Å². The molecule has 0 aliphatic heterocycles. The Kier molecular flexibility index (Phi) is 2.44. The summed E-state index contributed by atoms with van der Waals surface area (Å²) in [7, 11) is 0. The summed E-state index contributed by atoms with van der Waals surface area (Å²) in [5, 5.41) is 10.8. The van der Waals surface area contributed by atoms with Crippen LogP contribution in [0.15, 0.2) is 12.1 Å². The van der Waals surface area contributed by atoms with Gasteiger partial charge in [0.15, 0.2) is 0 Å². The summed E-state index contributed by atoms with van der Waals surface area (Å²) in [5.74, 6) is 0.124. The van der Waals surface area contributed by atoms with E-state index in [1.165, 1.54) is 6.07 Å². The van der Waals surface area contributed by atoms with Gasteiger partial charge in [0, 0.05) is 18.9 Å². The lowest BCUT2D eigenvalue weighted by Crippen LogP contribution is -2.13. The Balaban J connectivity index is 2.51. The fraction of sp³-hybridized carbons (Fsp3) is 0.300. The lowest BCUT2D eigenvalue weighted by molar-refractivity contribution is -0.384. The van der Waals surface area contributed by atoms with Gasteiger partial charge in [-0.1, -0.05) is 11.6 Å². The monoisotopic (exact) mass is 225 g/mol. The van der Waals surface area contributed by atoms with Crippen LogP contribution in [0.2, 0.25) is 5.02 Å². The summed E-state index contributed by atoms with van der Waals surface area (Å²) in [5.41, 5.74) is 1.57. The number of hydrogen-bond acceptors (Lipinski definition) is 3. The fourth-order valence-electron chi connectivity index (χ4n) is 1.76. The predicted molar refractivity (Wildman–Crippen MR) is 55.1 cm³/mol. The molecule has 1 aromatic carbocycles. The topological polar surface area (TPSA) is 60.2 Å². The highest BCUT2D eigenvalue weighted by molar-refractivity contribution is 6.32. The molecule has 0 N–H and O–H groups in total. The van der Waals surface area contributed by atoms with E-state index in [9.17, 15) is 14.9 Å². The predicted octanol–water partition coefficient (Wildman–Crippen LogP) is 2.31. The second-order valence-electron chi connectivity index (χ2n) is 3.54. The van der Waals surface area contributed by atoms with Crippen LogP contribution in [0.1, 0.15) is 17.5 Å². The molecule has 0 saturated carbocycles. The molecule has 1 aliphatic rings. The third-order valence-electron chi connectivity index (χ3n) is 2.53.